The van der Waals surface area contributed by atoms with Crippen LogP contribution in [0, 0.1) is 12.8 Å². The Morgan fingerprint density at radius 1 is 0.923 bits per heavy atom. The van der Waals surface area contributed by atoms with Gasteiger partial charge in [0.15, 0.2) is 0 Å². The molecule has 208 valence electrons. The van der Waals surface area contributed by atoms with Crippen LogP contribution in [0.3, 0.4) is 0 Å². The third-order valence-corrected chi connectivity index (χ3v) is 9.84. The van der Waals surface area contributed by atoms with Crippen molar-refractivity contribution in [1.29, 1.82) is 0 Å². The molecule has 3 aromatic rings. The SMILES string of the molecule is Cc1ccccc1-c1cc(CN(CCC2CCCCC2)S(=O)(=O)c2ccc(C(C)(C)C)cc2)ccc1C(=O)O. The Bertz CT molecular complexity index is 1400. The predicted molar refractivity (Wildman–Crippen MR) is 158 cm³/mol. The van der Waals surface area contributed by atoms with Crippen LogP contribution in [0.4, 0.5) is 0 Å². The van der Waals surface area contributed by atoms with Crippen LogP contribution >= 0.6 is 0 Å². The highest BCUT2D eigenvalue weighted by molar-refractivity contribution is 7.89. The summed E-state index contributed by atoms with van der Waals surface area (Å²) in [5.74, 6) is -0.461. The number of nitrogens with zero attached hydrogens (tertiary/aromatic N) is 1. The summed E-state index contributed by atoms with van der Waals surface area (Å²) in [6.45, 7) is 8.92. The van der Waals surface area contributed by atoms with Gasteiger partial charge in [-0.05, 0) is 76.8 Å². The summed E-state index contributed by atoms with van der Waals surface area (Å²) >= 11 is 0. The Morgan fingerprint density at radius 2 is 1.59 bits per heavy atom. The summed E-state index contributed by atoms with van der Waals surface area (Å²) in [5, 5.41) is 9.87. The van der Waals surface area contributed by atoms with Crippen LogP contribution in [-0.2, 0) is 22.0 Å². The Hall–Kier alpha value is -2.96. The molecule has 3 aromatic carbocycles. The number of aryl methyl sites for hydroxylation is 1. The van der Waals surface area contributed by atoms with E-state index in [1.165, 1.54) is 19.3 Å². The van der Waals surface area contributed by atoms with E-state index in [1.807, 2.05) is 49.4 Å². The molecule has 0 amide bonds. The number of hydrogen-bond donors (Lipinski definition) is 1. The quantitative estimate of drug-likeness (QED) is 0.296. The average Bonchev–Trinajstić information content (AvgIpc) is 2.91. The number of hydrogen-bond acceptors (Lipinski definition) is 3. The maximum absolute atomic E-state index is 14.0. The highest BCUT2D eigenvalue weighted by atomic mass is 32.2. The van der Waals surface area contributed by atoms with Gasteiger partial charge in [-0.25, -0.2) is 13.2 Å². The molecular formula is C33H41NO4S. The first-order valence-electron chi connectivity index (χ1n) is 14.0. The molecule has 0 aliphatic heterocycles. The van der Waals surface area contributed by atoms with E-state index < -0.39 is 16.0 Å². The van der Waals surface area contributed by atoms with E-state index in [-0.39, 0.29) is 17.5 Å². The minimum atomic E-state index is -3.76. The zero-order valence-electron chi connectivity index (χ0n) is 23.6. The van der Waals surface area contributed by atoms with Gasteiger partial charge in [-0.1, -0.05) is 95.3 Å². The number of carboxylic acid groups (broad SMARTS) is 1. The largest absolute Gasteiger partial charge is 0.478 e. The van der Waals surface area contributed by atoms with Gasteiger partial charge < -0.3 is 5.11 Å². The van der Waals surface area contributed by atoms with Crippen LogP contribution in [0.15, 0.2) is 71.6 Å². The fourth-order valence-corrected chi connectivity index (χ4v) is 6.98. The van der Waals surface area contributed by atoms with Crippen LogP contribution in [0.25, 0.3) is 11.1 Å². The number of benzene rings is 3. The van der Waals surface area contributed by atoms with Gasteiger partial charge in [0.25, 0.3) is 0 Å². The first-order chi connectivity index (χ1) is 18.5. The summed E-state index contributed by atoms with van der Waals surface area (Å²) in [6.07, 6.45) is 6.81. The highest BCUT2D eigenvalue weighted by Gasteiger charge is 2.27. The topological polar surface area (TPSA) is 74.7 Å². The van der Waals surface area contributed by atoms with Gasteiger partial charge in [-0.2, -0.15) is 4.31 Å². The van der Waals surface area contributed by atoms with Crippen molar-refractivity contribution in [3.63, 3.8) is 0 Å². The van der Waals surface area contributed by atoms with Gasteiger partial charge >= 0.3 is 5.97 Å². The molecule has 0 unspecified atom stereocenters. The molecule has 1 saturated carbocycles. The lowest BCUT2D eigenvalue weighted by atomic mass is 9.87. The summed E-state index contributed by atoms with van der Waals surface area (Å²) in [5.41, 5.74) is 4.42. The molecule has 0 bridgehead atoms. The molecule has 0 saturated heterocycles. The molecule has 0 aromatic heterocycles. The van der Waals surface area contributed by atoms with E-state index in [9.17, 15) is 18.3 Å². The molecule has 6 heteroatoms. The molecule has 1 aliphatic rings. The molecule has 0 heterocycles. The average molecular weight is 548 g/mol. The standard InChI is InChI=1S/C33H41NO4S/c1-24-10-8-9-13-29(24)31-22-26(14-19-30(31)32(35)36)23-34(21-20-25-11-6-5-7-12-25)39(37,38)28-17-15-27(16-18-28)33(2,3)4/h8-10,13-19,22,25H,5-7,11-12,20-21,23H2,1-4H3,(H,35,36). The van der Waals surface area contributed by atoms with E-state index in [1.54, 1.807) is 28.6 Å². The lowest BCUT2D eigenvalue weighted by molar-refractivity contribution is 0.0697. The van der Waals surface area contributed by atoms with E-state index in [0.717, 1.165) is 41.5 Å². The second kappa shape index (κ2) is 12.1. The van der Waals surface area contributed by atoms with Gasteiger partial charge in [0.2, 0.25) is 10.0 Å². The zero-order chi connectivity index (χ0) is 28.2. The second-order valence-corrected chi connectivity index (χ2v) is 13.8. The monoisotopic (exact) mass is 547 g/mol. The Balaban J connectivity index is 1.70. The first kappa shape index (κ1) is 29.0. The van der Waals surface area contributed by atoms with Crippen molar-refractivity contribution in [2.45, 2.75) is 83.1 Å². The fourth-order valence-electron chi connectivity index (χ4n) is 5.54. The molecule has 0 radical (unpaired) electrons. The Morgan fingerprint density at radius 3 is 2.21 bits per heavy atom. The number of carbonyl (C=O) groups is 1. The van der Waals surface area contributed by atoms with Gasteiger partial charge in [0, 0.05) is 13.1 Å². The second-order valence-electron chi connectivity index (χ2n) is 11.9. The van der Waals surface area contributed by atoms with Crippen molar-refractivity contribution in [2.75, 3.05) is 6.54 Å². The van der Waals surface area contributed by atoms with Crippen molar-refractivity contribution >= 4 is 16.0 Å². The maximum atomic E-state index is 14.0. The molecule has 1 aliphatic carbocycles. The molecule has 5 nitrogen and oxygen atoms in total. The van der Waals surface area contributed by atoms with Crippen molar-refractivity contribution in [1.82, 2.24) is 4.31 Å². The third-order valence-electron chi connectivity index (χ3n) is 7.98. The van der Waals surface area contributed by atoms with Crippen LogP contribution < -0.4 is 0 Å². The maximum Gasteiger partial charge on any atom is 0.336 e. The predicted octanol–water partition coefficient (Wildman–Crippen LogP) is 7.82. The summed E-state index contributed by atoms with van der Waals surface area (Å²) < 4.78 is 29.6. The Labute approximate surface area is 233 Å². The molecule has 1 N–H and O–H groups in total. The summed E-state index contributed by atoms with van der Waals surface area (Å²) in [4.78, 5) is 12.3. The van der Waals surface area contributed by atoms with Crippen molar-refractivity contribution < 1.29 is 18.3 Å². The first-order valence-corrected chi connectivity index (χ1v) is 15.4. The molecular weight excluding hydrogens is 506 g/mol. The van der Waals surface area contributed by atoms with Crippen molar-refractivity contribution in [3.05, 3.63) is 89.0 Å². The minimum absolute atomic E-state index is 0.0686. The van der Waals surface area contributed by atoms with Crippen LogP contribution in [0.2, 0.25) is 0 Å². The van der Waals surface area contributed by atoms with Crippen LogP contribution in [0.5, 0.6) is 0 Å². The van der Waals surface area contributed by atoms with E-state index in [0.29, 0.717) is 22.9 Å². The lowest BCUT2D eigenvalue weighted by Gasteiger charge is -2.27. The summed E-state index contributed by atoms with van der Waals surface area (Å²) in [6, 6.07) is 20.1. The highest BCUT2D eigenvalue weighted by Crippen LogP contribution is 2.32. The van der Waals surface area contributed by atoms with Gasteiger partial charge in [0.1, 0.15) is 0 Å². The number of carboxylic acids is 1. The van der Waals surface area contributed by atoms with Crippen LogP contribution in [-0.4, -0.2) is 30.3 Å². The fraction of sp³-hybridized carbons (Fsp3) is 0.424. The molecule has 0 atom stereocenters. The lowest BCUT2D eigenvalue weighted by Crippen LogP contribution is -2.33. The number of aromatic carboxylic acids is 1. The zero-order valence-corrected chi connectivity index (χ0v) is 24.4. The van der Waals surface area contributed by atoms with Gasteiger partial charge in [-0.3, -0.25) is 0 Å². The van der Waals surface area contributed by atoms with E-state index in [2.05, 4.69) is 20.8 Å². The van der Waals surface area contributed by atoms with E-state index in [4.69, 9.17) is 0 Å². The van der Waals surface area contributed by atoms with E-state index >= 15 is 0 Å². The summed E-state index contributed by atoms with van der Waals surface area (Å²) in [7, 11) is -3.76. The van der Waals surface area contributed by atoms with Crippen LogP contribution in [0.1, 0.15) is 86.3 Å². The molecule has 0 spiro atoms. The van der Waals surface area contributed by atoms with Gasteiger partial charge in [0.05, 0.1) is 10.5 Å². The molecule has 1 fully saturated rings. The number of sulfonamides is 1. The molecule has 39 heavy (non-hydrogen) atoms. The number of rotatable bonds is 9. The van der Waals surface area contributed by atoms with Crippen molar-refractivity contribution in [3.8, 4) is 11.1 Å². The molecule has 4 rings (SSSR count). The normalized spacial score (nSPS) is 15.0. The Kier molecular flexibility index (Phi) is 8.97. The van der Waals surface area contributed by atoms with Gasteiger partial charge in [-0.15, -0.1) is 0 Å². The third kappa shape index (κ3) is 6.98. The van der Waals surface area contributed by atoms with Crippen molar-refractivity contribution in [2.24, 2.45) is 5.92 Å². The minimum Gasteiger partial charge on any atom is -0.478 e. The smallest absolute Gasteiger partial charge is 0.336 e.